The first-order chi connectivity index (χ1) is 11.5. The van der Waals surface area contributed by atoms with Gasteiger partial charge in [0.2, 0.25) is 0 Å². The van der Waals surface area contributed by atoms with Gasteiger partial charge in [-0.1, -0.05) is 29.8 Å². The molecule has 0 unspecified atom stereocenters. The molecule has 0 atom stereocenters. The van der Waals surface area contributed by atoms with Crippen molar-refractivity contribution < 1.29 is 9.18 Å². The number of nitrogens with one attached hydrogen (secondary N) is 1. The van der Waals surface area contributed by atoms with Crippen LogP contribution >= 0.6 is 11.6 Å². The van der Waals surface area contributed by atoms with Crippen molar-refractivity contribution in [2.75, 3.05) is 5.32 Å². The van der Waals surface area contributed by atoms with Gasteiger partial charge in [-0.05, 0) is 44.2 Å². The van der Waals surface area contributed by atoms with Crippen molar-refractivity contribution >= 4 is 23.2 Å². The normalized spacial score (nSPS) is 10.7. The number of rotatable bonds is 3. The highest BCUT2D eigenvalue weighted by atomic mass is 35.5. The Morgan fingerprint density at radius 3 is 2.54 bits per heavy atom. The van der Waals surface area contributed by atoms with Gasteiger partial charge in [0, 0.05) is 5.69 Å². The van der Waals surface area contributed by atoms with Gasteiger partial charge in [-0.15, -0.1) is 0 Å². The van der Waals surface area contributed by atoms with Crippen LogP contribution in [0.1, 0.15) is 21.7 Å². The predicted octanol–water partition coefficient (Wildman–Crippen LogP) is 4.53. The molecule has 122 valence electrons. The number of benzene rings is 2. The fourth-order valence-electron chi connectivity index (χ4n) is 2.56. The van der Waals surface area contributed by atoms with Gasteiger partial charge in [-0.25, -0.2) is 9.07 Å². The number of hydrogen-bond acceptors (Lipinski definition) is 2. The Hall–Kier alpha value is -2.66. The number of amides is 1. The standard InChI is InChI=1S/C18H15ClFN3O/c1-11-17(12(2)23(22-11)14-6-4-3-5-7-14)18(24)21-13-8-9-16(20)15(19)10-13/h3-10H,1-2H3,(H,21,24). The average molecular weight is 344 g/mol. The second-order valence-electron chi connectivity index (χ2n) is 5.38. The van der Waals surface area contributed by atoms with E-state index >= 15 is 0 Å². The number of aromatic nitrogens is 2. The minimum Gasteiger partial charge on any atom is -0.322 e. The highest BCUT2D eigenvalue weighted by molar-refractivity contribution is 6.31. The smallest absolute Gasteiger partial charge is 0.259 e. The number of aryl methyl sites for hydroxylation is 1. The minimum atomic E-state index is -0.529. The molecular weight excluding hydrogens is 329 g/mol. The maximum Gasteiger partial charge on any atom is 0.259 e. The summed E-state index contributed by atoms with van der Waals surface area (Å²) in [6.07, 6.45) is 0. The highest BCUT2D eigenvalue weighted by Crippen LogP contribution is 2.22. The van der Waals surface area contributed by atoms with Crippen molar-refractivity contribution in [2.24, 2.45) is 0 Å². The molecule has 1 amide bonds. The lowest BCUT2D eigenvalue weighted by molar-refractivity contribution is 0.102. The van der Waals surface area contributed by atoms with Gasteiger partial charge >= 0.3 is 0 Å². The van der Waals surface area contributed by atoms with Crippen molar-refractivity contribution in [3.63, 3.8) is 0 Å². The SMILES string of the molecule is Cc1nn(-c2ccccc2)c(C)c1C(=O)Nc1ccc(F)c(Cl)c1. The Morgan fingerprint density at radius 1 is 1.17 bits per heavy atom. The third-order valence-electron chi connectivity index (χ3n) is 3.70. The molecule has 0 aliphatic heterocycles. The van der Waals surface area contributed by atoms with E-state index in [1.54, 1.807) is 11.6 Å². The molecule has 0 aliphatic rings. The minimum absolute atomic E-state index is 0.0405. The lowest BCUT2D eigenvalue weighted by atomic mass is 10.1. The Morgan fingerprint density at radius 2 is 1.88 bits per heavy atom. The van der Waals surface area contributed by atoms with Crippen LogP contribution in [0.25, 0.3) is 5.69 Å². The first-order valence-corrected chi connectivity index (χ1v) is 7.73. The molecule has 0 saturated heterocycles. The number of halogens is 2. The monoisotopic (exact) mass is 343 g/mol. The topological polar surface area (TPSA) is 46.9 Å². The molecule has 0 spiro atoms. The summed E-state index contributed by atoms with van der Waals surface area (Å²) in [5.41, 5.74) is 3.13. The fourth-order valence-corrected chi connectivity index (χ4v) is 2.74. The van der Waals surface area contributed by atoms with Crippen LogP contribution in [0.3, 0.4) is 0 Å². The van der Waals surface area contributed by atoms with Gasteiger partial charge in [-0.3, -0.25) is 4.79 Å². The van der Waals surface area contributed by atoms with Crippen LogP contribution in [0.4, 0.5) is 10.1 Å². The van der Waals surface area contributed by atoms with E-state index in [1.165, 1.54) is 18.2 Å². The number of hydrogen-bond donors (Lipinski definition) is 1. The first-order valence-electron chi connectivity index (χ1n) is 7.35. The van der Waals surface area contributed by atoms with Gasteiger partial charge < -0.3 is 5.32 Å². The summed E-state index contributed by atoms with van der Waals surface area (Å²) in [6.45, 7) is 3.61. The van der Waals surface area contributed by atoms with Gasteiger partial charge in [0.05, 0.1) is 27.7 Å². The summed E-state index contributed by atoms with van der Waals surface area (Å²) < 4.78 is 14.9. The largest absolute Gasteiger partial charge is 0.322 e. The fraction of sp³-hybridized carbons (Fsp3) is 0.111. The highest BCUT2D eigenvalue weighted by Gasteiger charge is 2.19. The maximum atomic E-state index is 13.2. The Bertz CT molecular complexity index is 906. The number of carbonyl (C=O) groups excluding carboxylic acids is 1. The van der Waals surface area contributed by atoms with Gasteiger partial charge in [0.1, 0.15) is 5.82 Å². The van der Waals surface area contributed by atoms with E-state index in [0.717, 1.165) is 11.4 Å². The van der Waals surface area contributed by atoms with Crippen molar-refractivity contribution in [3.8, 4) is 5.69 Å². The predicted molar refractivity (Wildman–Crippen MR) is 92.4 cm³/mol. The third-order valence-corrected chi connectivity index (χ3v) is 3.99. The number of nitrogens with zero attached hydrogens (tertiary/aromatic N) is 2. The second kappa shape index (κ2) is 6.45. The molecule has 2 aromatic carbocycles. The zero-order chi connectivity index (χ0) is 17.3. The Balaban J connectivity index is 1.93. The van der Waals surface area contributed by atoms with E-state index in [4.69, 9.17) is 11.6 Å². The lowest BCUT2D eigenvalue weighted by Crippen LogP contribution is -2.14. The molecule has 24 heavy (non-hydrogen) atoms. The van der Waals surface area contributed by atoms with E-state index in [2.05, 4.69) is 10.4 Å². The van der Waals surface area contributed by atoms with Crippen LogP contribution in [0.2, 0.25) is 5.02 Å². The molecule has 0 radical (unpaired) electrons. The maximum absolute atomic E-state index is 13.2. The molecule has 1 aromatic heterocycles. The van der Waals surface area contributed by atoms with Crippen LogP contribution in [-0.4, -0.2) is 15.7 Å². The van der Waals surface area contributed by atoms with E-state index in [-0.39, 0.29) is 10.9 Å². The molecule has 4 nitrogen and oxygen atoms in total. The van der Waals surface area contributed by atoms with E-state index in [1.807, 2.05) is 37.3 Å². The summed E-state index contributed by atoms with van der Waals surface area (Å²) in [5, 5.41) is 7.13. The summed E-state index contributed by atoms with van der Waals surface area (Å²) >= 11 is 5.75. The summed E-state index contributed by atoms with van der Waals surface area (Å²) in [7, 11) is 0. The molecule has 0 aliphatic carbocycles. The Labute approximate surface area is 143 Å². The number of carbonyl (C=O) groups is 1. The van der Waals surface area contributed by atoms with Crippen molar-refractivity contribution in [1.29, 1.82) is 0 Å². The molecule has 1 N–H and O–H groups in total. The van der Waals surface area contributed by atoms with Crippen LogP contribution in [0.15, 0.2) is 48.5 Å². The van der Waals surface area contributed by atoms with Crippen molar-refractivity contribution in [2.45, 2.75) is 13.8 Å². The lowest BCUT2D eigenvalue weighted by Gasteiger charge is -2.07. The Kier molecular flexibility index (Phi) is 4.36. The van der Waals surface area contributed by atoms with Gasteiger partial charge in [0.15, 0.2) is 0 Å². The molecule has 0 bridgehead atoms. The van der Waals surface area contributed by atoms with Gasteiger partial charge in [-0.2, -0.15) is 5.10 Å². The molecule has 3 rings (SSSR count). The summed E-state index contributed by atoms with van der Waals surface area (Å²) in [6, 6.07) is 13.6. The van der Waals surface area contributed by atoms with Crippen LogP contribution in [0, 0.1) is 19.7 Å². The van der Waals surface area contributed by atoms with E-state index in [0.29, 0.717) is 16.9 Å². The average Bonchev–Trinajstić information content (AvgIpc) is 2.86. The van der Waals surface area contributed by atoms with Crippen molar-refractivity contribution in [1.82, 2.24) is 9.78 Å². The molecule has 6 heteroatoms. The number of para-hydroxylation sites is 1. The number of anilines is 1. The molecule has 0 saturated carbocycles. The zero-order valence-electron chi connectivity index (χ0n) is 13.2. The summed E-state index contributed by atoms with van der Waals surface area (Å²) in [5.74, 6) is -0.839. The molecule has 1 heterocycles. The third kappa shape index (κ3) is 3.03. The second-order valence-corrected chi connectivity index (χ2v) is 5.78. The van der Waals surface area contributed by atoms with Crippen LogP contribution in [-0.2, 0) is 0 Å². The van der Waals surface area contributed by atoms with Crippen LogP contribution < -0.4 is 5.32 Å². The van der Waals surface area contributed by atoms with E-state index in [9.17, 15) is 9.18 Å². The first kappa shape index (κ1) is 16.2. The molecular formula is C18H15ClFN3O. The van der Waals surface area contributed by atoms with Crippen molar-refractivity contribution in [3.05, 3.63) is 76.3 Å². The van der Waals surface area contributed by atoms with Gasteiger partial charge in [0.25, 0.3) is 5.91 Å². The van der Waals surface area contributed by atoms with Crippen LogP contribution in [0.5, 0.6) is 0 Å². The summed E-state index contributed by atoms with van der Waals surface area (Å²) in [4.78, 5) is 12.6. The molecule has 3 aromatic rings. The molecule has 0 fully saturated rings. The zero-order valence-corrected chi connectivity index (χ0v) is 13.9. The quantitative estimate of drug-likeness (QED) is 0.759. The van der Waals surface area contributed by atoms with E-state index < -0.39 is 5.82 Å².